The van der Waals surface area contributed by atoms with Gasteiger partial charge in [-0.3, -0.25) is 4.79 Å². The molecule has 2 N–H and O–H groups in total. The second-order valence-electron chi connectivity index (χ2n) is 5.93. The summed E-state index contributed by atoms with van der Waals surface area (Å²) in [7, 11) is -3.79. The van der Waals surface area contributed by atoms with Crippen LogP contribution < -0.4 is 10.0 Å². The van der Waals surface area contributed by atoms with Gasteiger partial charge >= 0.3 is 0 Å². The average molecular weight is 435 g/mol. The van der Waals surface area contributed by atoms with Gasteiger partial charge in [0.05, 0.1) is 22.7 Å². The summed E-state index contributed by atoms with van der Waals surface area (Å²) in [6, 6.07) is 13.2. The van der Waals surface area contributed by atoms with E-state index in [4.69, 9.17) is 16.0 Å². The first-order valence-corrected chi connectivity index (χ1v) is 10.3. The van der Waals surface area contributed by atoms with Gasteiger partial charge in [-0.2, -0.15) is 0 Å². The second-order valence-corrected chi connectivity index (χ2v) is 8.10. The molecule has 1 amide bonds. The molecule has 0 spiro atoms. The van der Waals surface area contributed by atoms with Crippen LogP contribution in [0.15, 0.2) is 76.2 Å². The summed E-state index contributed by atoms with van der Waals surface area (Å²) in [6.45, 7) is 0.00882. The van der Waals surface area contributed by atoms with Gasteiger partial charge < -0.3 is 9.73 Å². The third-order valence-corrected chi connectivity index (χ3v) is 5.49. The largest absolute Gasteiger partial charge is 0.468 e. The number of sulfonamides is 1. The van der Waals surface area contributed by atoms with Crippen LogP contribution in [-0.4, -0.2) is 14.3 Å². The maximum atomic E-state index is 13.2. The maximum absolute atomic E-state index is 13.2. The number of anilines is 1. The molecule has 9 heteroatoms. The van der Waals surface area contributed by atoms with E-state index in [1.54, 1.807) is 18.2 Å². The van der Waals surface area contributed by atoms with Crippen LogP contribution in [-0.2, 0) is 21.4 Å². The Morgan fingerprint density at radius 1 is 1.14 bits per heavy atom. The highest BCUT2D eigenvalue weighted by Gasteiger charge is 2.15. The third kappa shape index (κ3) is 5.77. The Morgan fingerprint density at radius 3 is 2.69 bits per heavy atom. The molecule has 0 atom stereocenters. The number of carbonyl (C=O) groups excluding carboxylic acids is 1. The summed E-state index contributed by atoms with van der Waals surface area (Å²) in [6.07, 6.45) is 4.15. The summed E-state index contributed by atoms with van der Waals surface area (Å²) >= 11 is 5.70. The Bertz CT molecular complexity index is 1150. The first kappa shape index (κ1) is 20.8. The van der Waals surface area contributed by atoms with Crippen molar-refractivity contribution in [3.8, 4) is 0 Å². The fraction of sp³-hybridized carbons (Fsp3) is 0.0500. The summed E-state index contributed by atoms with van der Waals surface area (Å²) in [5.74, 6) is -0.556. The molecule has 0 unspecified atom stereocenters. The lowest BCUT2D eigenvalue weighted by Gasteiger charge is -2.08. The lowest BCUT2D eigenvalue weighted by Crippen LogP contribution is -2.23. The molecule has 0 saturated carbocycles. The van der Waals surface area contributed by atoms with Crippen LogP contribution >= 0.6 is 11.6 Å². The van der Waals surface area contributed by atoms with Crippen LogP contribution in [0.4, 0.5) is 10.1 Å². The maximum Gasteiger partial charge on any atom is 0.248 e. The highest BCUT2D eigenvalue weighted by atomic mass is 35.5. The monoisotopic (exact) mass is 434 g/mol. The molecule has 0 fully saturated rings. The molecule has 29 heavy (non-hydrogen) atoms. The first-order valence-electron chi connectivity index (χ1n) is 8.40. The van der Waals surface area contributed by atoms with E-state index in [1.807, 2.05) is 0 Å². The quantitative estimate of drug-likeness (QED) is 0.545. The topological polar surface area (TPSA) is 88.4 Å². The number of hydrogen-bond acceptors (Lipinski definition) is 4. The molecule has 6 nitrogen and oxygen atoms in total. The Balaban J connectivity index is 1.66. The van der Waals surface area contributed by atoms with E-state index in [1.165, 1.54) is 54.8 Å². The molecule has 0 aliphatic heterocycles. The number of halogens is 2. The number of furan rings is 1. The fourth-order valence-corrected chi connectivity index (χ4v) is 3.60. The zero-order valence-electron chi connectivity index (χ0n) is 14.9. The van der Waals surface area contributed by atoms with Crippen molar-refractivity contribution in [2.75, 3.05) is 5.32 Å². The van der Waals surface area contributed by atoms with Crippen LogP contribution in [0.1, 0.15) is 11.3 Å². The van der Waals surface area contributed by atoms with Crippen LogP contribution in [0.2, 0.25) is 5.02 Å². The minimum atomic E-state index is -3.79. The Morgan fingerprint density at radius 2 is 1.97 bits per heavy atom. The van der Waals surface area contributed by atoms with Crippen molar-refractivity contribution in [3.63, 3.8) is 0 Å². The minimum Gasteiger partial charge on any atom is -0.468 e. The number of hydrogen-bond donors (Lipinski definition) is 2. The van der Waals surface area contributed by atoms with Crippen molar-refractivity contribution in [3.05, 3.63) is 89.1 Å². The second kappa shape index (κ2) is 9.04. The highest BCUT2D eigenvalue weighted by Crippen LogP contribution is 2.18. The van der Waals surface area contributed by atoms with Crippen LogP contribution in [0.5, 0.6) is 0 Å². The first-order chi connectivity index (χ1) is 13.8. The summed E-state index contributed by atoms with van der Waals surface area (Å²) < 4.78 is 45.5. The van der Waals surface area contributed by atoms with Crippen LogP contribution in [0, 0.1) is 5.82 Å². The van der Waals surface area contributed by atoms with Crippen LogP contribution in [0.25, 0.3) is 6.08 Å². The van der Waals surface area contributed by atoms with Crippen molar-refractivity contribution in [1.82, 2.24) is 4.72 Å². The van der Waals surface area contributed by atoms with Gasteiger partial charge in [0.25, 0.3) is 0 Å². The molecule has 2 aromatic carbocycles. The molecule has 1 aromatic heterocycles. The highest BCUT2D eigenvalue weighted by molar-refractivity contribution is 7.89. The number of carbonyl (C=O) groups is 1. The summed E-state index contributed by atoms with van der Waals surface area (Å²) in [4.78, 5) is 12.1. The van der Waals surface area contributed by atoms with E-state index in [2.05, 4.69) is 10.0 Å². The molecular formula is C20H16ClFN2O4S. The molecule has 0 radical (unpaired) electrons. The SMILES string of the molecule is O=C(/C=C/c1ccc(F)c(Cl)c1)Nc1cccc(S(=O)(=O)NCc2ccco2)c1. The molecule has 150 valence electrons. The Hall–Kier alpha value is -2.94. The van der Waals surface area contributed by atoms with Crippen molar-refractivity contribution >= 4 is 39.3 Å². The summed E-state index contributed by atoms with van der Waals surface area (Å²) in [5, 5.41) is 2.53. The summed E-state index contributed by atoms with van der Waals surface area (Å²) in [5.41, 5.74) is 0.850. The van der Waals surface area contributed by atoms with Gasteiger partial charge in [-0.05, 0) is 54.1 Å². The third-order valence-electron chi connectivity index (χ3n) is 3.80. The van der Waals surface area contributed by atoms with E-state index in [9.17, 15) is 17.6 Å². The van der Waals surface area contributed by atoms with Crippen molar-refractivity contribution < 1.29 is 22.0 Å². The van der Waals surface area contributed by atoms with Gasteiger partial charge in [0.2, 0.25) is 15.9 Å². The molecule has 3 rings (SSSR count). The average Bonchev–Trinajstić information content (AvgIpc) is 3.21. The lowest BCUT2D eigenvalue weighted by atomic mass is 10.2. The van der Waals surface area contributed by atoms with Gasteiger partial charge in [-0.25, -0.2) is 17.5 Å². The lowest BCUT2D eigenvalue weighted by molar-refractivity contribution is -0.111. The zero-order chi connectivity index (χ0) is 20.9. The van der Waals surface area contributed by atoms with Crippen molar-refractivity contribution in [1.29, 1.82) is 0 Å². The van der Waals surface area contributed by atoms with Crippen molar-refractivity contribution in [2.24, 2.45) is 0 Å². The number of benzene rings is 2. The molecule has 0 saturated heterocycles. The Labute approximate surface area is 172 Å². The smallest absolute Gasteiger partial charge is 0.248 e. The molecule has 0 aliphatic carbocycles. The predicted octanol–water partition coefficient (Wildman–Crippen LogP) is 4.20. The van der Waals surface area contributed by atoms with E-state index < -0.39 is 21.7 Å². The van der Waals surface area contributed by atoms with E-state index in [0.717, 1.165) is 0 Å². The minimum absolute atomic E-state index is 0.00356. The van der Waals surface area contributed by atoms with Gasteiger partial charge in [0, 0.05) is 11.8 Å². The van der Waals surface area contributed by atoms with Gasteiger partial charge in [-0.15, -0.1) is 0 Å². The predicted molar refractivity (Wildman–Crippen MR) is 108 cm³/mol. The van der Waals surface area contributed by atoms with E-state index >= 15 is 0 Å². The molecule has 1 heterocycles. The molecule has 3 aromatic rings. The fourth-order valence-electron chi connectivity index (χ4n) is 2.38. The van der Waals surface area contributed by atoms with E-state index in [0.29, 0.717) is 17.0 Å². The molecular weight excluding hydrogens is 419 g/mol. The van der Waals surface area contributed by atoms with Gasteiger partial charge in [0.1, 0.15) is 11.6 Å². The number of amides is 1. The number of rotatable bonds is 7. The van der Waals surface area contributed by atoms with Gasteiger partial charge in [0.15, 0.2) is 0 Å². The van der Waals surface area contributed by atoms with Crippen molar-refractivity contribution in [2.45, 2.75) is 11.4 Å². The normalized spacial score (nSPS) is 11.7. The zero-order valence-corrected chi connectivity index (χ0v) is 16.5. The molecule has 0 aliphatic rings. The van der Waals surface area contributed by atoms with E-state index in [-0.39, 0.29) is 16.5 Å². The number of nitrogens with one attached hydrogen (secondary N) is 2. The standard InChI is InChI=1S/C20H16ClFN2O4S/c21-18-11-14(6-8-19(18)22)7-9-20(25)24-15-3-1-5-17(12-15)29(26,27)23-13-16-4-2-10-28-16/h1-12,23H,13H2,(H,24,25)/b9-7+. The Kier molecular flexibility index (Phi) is 6.48. The van der Waals surface area contributed by atoms with Crippen LogP contribution in [0.3, 0.4) is 0 Å². The molecule has 0 bridgehead atoms. The van der Waals surface area contributed by atoms with Gasteiger partial charge in [-0.1, -0.05) is 23.7 Å².